The summed E-state index contributed by atoms with van der Waals surface area (Å²) in [6.07, 6.45) is 13.7. The van der Waals surface area contributed by atoms with E-state index in [9.17, 15) is 27.3 Å². The Morgan fingerprint density at radius 1 is 0.913 bits per heavy atom. The molecule has 1 N–H and O–H groups in total. The molecule has 3 aromatic carbocycles. The van der Waals surface area contributed by atoms with E-state index in [1.54, 1.807) is 6.07 Å². The molecule has 6 rings (SSSR count). The molecule has 356 valence electrons. The summed E-state index contributed by atoms with van der Waals surface area (Å²) < 4.78 is 135. The number of allylic oxidation sites excluding steroid dienone is 8. The van der Waals surface area contributed by atoms with Crippen molar-refractivity contribution in [3.05, 3.63) is 137 Å². The van der Waals surface area contributed by atoms with Gasteiger partial charge in [-0.15, -0.1) is 43.3 Å². The zero-order chi connectivity index (χ0) is 49.1. The summed E-state index contributed by atoms with van der Waals surface area (Å²) in [5, 5.41) is 9.33. The Hall–Kier alpha value is -2.50. The average molecular weight is 1040 g/mol. The maximum absolute atomic E-state index is 15.9. The Morgan fingerprint density at radius 3 is 2.10 bits per heavy atom. The molecule has 0 spiro atoms. The van der Waals surface area contributed by atoms with Crippen LogP contribution >= 0.6 is 0 Å². The Kier molecular flexibility index (Phi) is 26.8. The van der Waals surface area contributed by atoms with E-state index in [1.807, 2.05) is 60.9 Å². The van der Waals surface area contributed by atoms with Gasteiger partial charge in [-0.2, -0.15) is 22.8 Å². The van der Waals surface area contributed by atoms with Crippen LogP contribution in [-0.2, 0) is 47.0 Å². The van der Waals surface area contributed by atoms with Crippen molar-refractivity contribution in [3.63, 3.8) is 0 Å². The molecule has 0 bridgehead atoms. The number of unbranched alkanes of at least 4 members (excludes halogenated alkanes) is 2. The first-order valence-corrected chi connectivity index (χ1v) is 24.5. The Balaban J connectivity index is 0.00000201. The molecule has 3 aliphatic rings. The van der Waals surface area contributed by atoms with Crippen molar-refractivity contribution in [1.82, 2.24) is 0 Å². The minimum absolute atomic E-state index is 0. The van der Waals surface area contributed by atoms with Crippen molar-refractivity contribution < 1.29 is 155 Å². The van der Waals surface area contributed by atoms with Gasteiger partial charge in [0.2, 0.25) is 5.69 Å². The Bertz CT molecular complexity index is 2810. The van der Waals surface area contributed by atoms with Crippen LogP contribution in [0, 0.1) is 30.4 Å². The molecule has 3 aromatic rings. The summed E-state index contributed by atoms with van der Waals surface area (Å²) in [6.45, 7) is 13.4. The molecular weight excluding hydrogens is 991 g/mol. The number of nitrogens with zero attached hydrogens (tertiary/aromatic N) is 2. The number of fused-ring (bicyclic) bond motifs is 2. The van der Waals surface area contributed by atoms with Gasteiger partial charge >= 0.3 is 116 Å². The first-order chi connectivity index (χ1) is 31.0. The molecule has 1 unspecified atom stereocenters. The van der Waals surface area contributed by atoms with Crippen LogP contribution in [-0.4, -0.2) is 72.7 Å². The van der Waals surface area contributed by atoms with Crippen LogP contribution in [0.15, 0.2) is 94.6 Å². The SMILES string of the molecule is O=S(=O)=O.O=S(=O)=O.[CH2-]CC[N+]1=C(C=CC2=C(c3c(F)cc(F)cc3F)C(=CC=C3N(CCCC)c4cc[c-]cc4C3(C)CCCCC(=O)O)CCC2)C(C)(C)c2cc(S(=O)(=O)[O-])ccc21.[Na+].[Na+].[Na+]. The minimum atomic E-state index is -4.71. The second kappa shape index (κ2) is 28.7. The smallest absolute Gasteiger partial charge is 0.744 e. The van der Waals surface area contributed by atoms with E-state index in [2.05, 4.69) is 31.7 Å². The molecule has 69 heavy (non-hydrogen) atoms. The van der Waals surface area contributed by atoms with Gasteiger partial charge in [0.25, 0.3) is 0 Å². The van der Waals surface area contributed by atoms with Crippen molar-refractivity contribution in [2.75, 3.05) is 18.0 Å². The van der Waals surface area contributed by atoms with Crippen molar-refractivity contribution in [2.45, 2.75) is 108 Å². The summed E-state index contributed by atoms with van der Waals surface area (Å²) in [7, 11) is -10.9. The third-order valence-corrected chi connectivity index (χ3v) is 12.7. The molecule has 1 aliphatic carbocycles. The van der Waals surface area contributed by atoms with E-state index >= 15 is 8.78 Å². The van der Waals surface area contributed by atoms with Gasteiger partial charge in [0, 0.05) is 48.5 Å². The van der Waals surface area contributed by atoms with Crippen LogP contribution in [0.4, 0.5) is 24.5 Å². The topological polar surface area (TPSA) is 203 Å². The number of hydrogen-bond acceptors (Lipinski definition) is 11. The molecule has 2 heterocycles. The van der Waals surface area contributed by atoms with Gasteiger partial charge in [0.15, 0.2) is 5.71 Å². The predicted octanol–water partition coefficient (Wildman–Crippen LogP) is -0.360. The second-order valence-electron chi connectivity index (χ2n) is 16.5. The quantitative estimate of drug-likeness (QED) is 0.0683. The number of carboxylic acid groups (broad SMARTS) is 1. The number of rotatable bonds is 15. The van der Waals surface area contributed by atoms with Crippen LogP contribution in [0.1, 0.15) is 109 Å². The zero-order valence-electron chi connectivity index (χ0n) is 39.9. The summed E-state index contributed by atoms with van der Waals surface area (Å²) in [5.74, 6) is -3.88. The van der Waals surface area contributed by atoms with Crippen LogP contribution in [0.5, 0.6) is 0 Å². The van der Waals surface area contributed by atoms with E-state index in [0.717, 1.165) is 47.7 Å². The van der Waals surface area contributed by atoms with Crippen molar-refractivity contribution in [3.8, 4) is 0 Å². The Morgan fingerprint density at radius 2 is 1.54 bits per heavy atom. The molecule has 0 aromatic heterocycles. The normalized spacial score (nSPS) is 18.0. The van der Waals surface area contributed by atoms with Crippen LogP contribution < -0.4 is 93.6 Å². The summed E-state index contributed by atoms with van der Waals surface area (Å²) >= 11 is 0. The molecule has 0 saturated carbocycles. The van der Waals surface area contributed by atoms with Gasteiger partial charge < -0.3 is 21.5 Å². The van der Waals surface area contributed by atoms with E-state index in [0.29, 0.717) is 85.9 Å². The van der Waals surface area contributed by atoms with Crippen LogP contribution in [0.2, 0.25) is 0 Å². The molecular formula is C47H51F3N2Na3O11S3+. The summed E-state index contributed by atoms with van der Waals surface area (Å²) in [6, 6.07) is 14.9. The number of hydrogen-bond donors (Lipinski definition) is 1. The fourth-order valence-corrected chi connectivity index (χ4v) is 9.44. The second-order valence-corrected chi connectivity index (χ2v) is 18.7. The maximum Gasteiger partial charge on any atom is 1.00 e. The molecule has 0 fully saturated rings. The fourth-order valence-electron chi connectivity index (χ4n) is 8.94. The molecule has 2 aliphatic heterocycles. The summed E-state index contributed by atoms with van der Waals surface area (Å²) in [4.78, 5) is 13.3. The predicted molar refractivity (Wildman–Crippen MR) is 240 cm³/mol. The standard InChI is InChI=1S/C47H52F3N2O5S.3Na.2O3S/c1-6-8-27-52-39-17-10-9-16-35(39)47(5,25-12-11-18-43(53)54)42(52)24-20-32-15-13-14-31(44(32)45-37(49)28-33(48)29-38(45)50)19-23-41-46(3,4)36-30-34(58(55,56)57)21-22-40(36)51(41)26-7-2;;;;2*1-4(2)3/h10,16-17,19-24,28-30H,2,6-8,11-15,18,25-27H2,1,3-5H3,(H,53,54)(H,55,56,57);;;;;/q-1;3*+1;;/p-1. The number of aliphatic carboxylic acids is 1. The van der Waals surface area contributed by atoms with Gasteiger partial charge in [0.1, 0.15) is 34.1 Å². The van der Waals surface area contributed by atoms with E-state index in [1.165, 1.54) is 12.1 Å². The number of halogens is 3. The zero-order valence-corrected chi connectivity index (χ0v) is 48.4. The van der Waals surface area contributed by atoms with Gasteiger partial charge in [-0.25, -0.2) is 21.6 Å². The van der Waals surface area contributed by atoms with E-state index < -0.39 is 65.6 Å². The maximum atomic E-state index is 15.9. The third kappa shape index (κ3) is 16.5. The molecule has 1 atom stereocenters. The largest absolute Gasteiger partial charge is 1.00 e. The number of benzene rings is 3. The van der Waals surface area contributed by atoms with Gasteiger partial charge in [-0.3, -0.25) is 4.79 Å². The third-order valence-electron chi connectivity index (χ3n) is 11.8. The fraction of sp³-hybridized carbons (Fsp3) is 0.383. The van der Waals surface area contributed by atoms with Gasteiger partial charge in [-0.05, 0) is 92.7 Å². The van der Waals surface area contributed by atoms with Crippen LogP contribution in [0.3, 0.4) is 0 Å². The minimum Gasteiger partial charge on any atom is -0.744 e. The summed E-state index contributed by atoms with van der Waals surface area (Å²) in [5.41, 5.74) is 5.48. The Labute approximate surface area is 471 Å². The monoisotopic (exact) mass is 1040 g/mol. The first kappa shape index (κ1) is 64.5. The number of anilines is 1. The van der Waals surface area contributed by atoms with Crippen molar-refractivity contribution in [1.29, 1.82) is 0 Å². The molecule has 0 saturated heterocycles. The van der Waals surface area contributed by atoms with E-state index in [-0.39, 0.29) is 106 Å². The van der Waals surface area contributed by atoms with Crippen LogP contribution in [0.25, 0.3) is 5.57 Å². The number of carboxylic acids is 1. The molecule has 22 heteroatoms. The molecule has 13 nitrogen and oxygen atoms in total. The van der Waals surface area contributed by atoms with Gasteiger partial charge in [0.05, 0.1) is 15.9 Å². The molecule has 0 amide bonds. The molecule has 0 radical (unpaired) electrons. The van der Waals surface area contributed by atoms with Crippen molar-refractivity contribution >= 4 is 60.0 Å². The first-order valence-electron chi connectivity index (χ1n) is 21.0. The average Bonchev–Trinajstić information content (AvgIpc) is 3.58. The van der Waals surface area contributed by atoms with Crippen molar-refractivity contribution in [2.24, 2.45) is 0 Å². The van der Waals surface area contributed by atoms with Gasteiger partial charge in [-0.1, -0.05) is 44.5 Å². The van der Waals surface area contributed by atoms with E-state index in [4.69, 9.17) is 25.3 Å². The number of carbonyl (C=O) groups is 1.